The van der Waals surface area contributed by atoms with Gasteiger partial charge in [0.25, 0.3) is 0 Å². The maximum atomic E-state index is 12.6. The zero-order chi connectivity index (χ0) is 48.1. The van der Waals surface area contributed by atoms with E-state index in [0.717, 1.165) is 51.4 Å². The first-order valence-electron chi connectivity index (χ1n) is 29.4. The zero-order valence-corrected chi connectivity index (χ0v) is 44.2. The van der Waals surface area contributed by atoms with Crippen molar-refractivity contribution < 1.29 is 25.2 Å². The van der Waals surface area contributed by atoms with Crippen LogP contribution in [0.2, 0.25) is 0 Å². The minimum atomic E-state index is -1.29. The van der Waals surface area contributed by atoms with Gasteiger partial charge < -0.3 is 25.7 Å². The molecule has 0 aliphatic carbocycles. The van der Waals surface area contributed by atoms with Crippen LogP contribution < -0.4 is 5.32 Å². The van der Waals surface area contributed by atoms with Gasteiger partial charge in [-0.3, -0.25) is 4.79 Å². The number of amides is 1. The first kappa shape index (κ1) is 64.5. The Labute approximate surface area is 411 Å². The molecule has 0 spiro atoms. The lowest BCUT2D eigenvalue weighted by atomic mass is 10.00. The second-order valence-corrected chi connectivity index (χ2v) is 20.3. The van der Waals surface area contributed by atoms with Crippen LogP contribution in [-0.4, -0.2) is 57.3 Å². The fourth-order valence-electron chi connectivity index (χ4n) is 9.20. The van der Waals surface area contributed by atoms with Gasteiger partial charge in [-0.05, 0) is 64.2 Å². The molecule has 0 aliphatic rings. The highest BCUT2D eigenvalue weighted by atomic mass is 16.3. The Balaban J connectivity index is 3.56. The third kappa shape index (κ3) is 47.6. The lowest BCUT2D eigenvalue weighted by Gasteiger charge is -2.27. The predicted molar refractivity (Wildman–Crippen MR) is 288 cm³/mol. The summed E-state index contributed by atoms with van der Waals surface area (Å²) in [6.45, 7) is 4.03. The molecule has 1 amide bonds. The van der Waals surface area contributed by atoms with Crippen molar-refractivity contribution in [2.24, 2.45) is 0 Å². The Bertz CT molecular complexity index is 1040. The first-order chi connectivity index (χ1) is 32.5. The second-order valence-electron chi connectivity index (χ2n) is 20.3. The summed E-state index contributed by atoms with van der Waals surface area (Å²) in [5.74, 6) is -0.595. The molecule has 0 heterocycles. The first-order valence-corrected chi connectivity index (χ1v) is 29.4. The number of carbonyl (C=O) groups is 1. The van der Waals surface area contributed by atoms with E-state index < -0.39 is 36.9 Å². The number of carbonyl (C=O) groups excluding carboxylic acids is 1. The SMILES string of the molecule is CCCCC/C=C/CC/C=C/CC/C=C/CCCC(O)C(O)C(CO)NC(=O)C(O)CCCCCCCCCCCCCCCCCCCCCCCCCCCCCCCCCCCC. The van der Waals surface area contributed by atoms with Crippen molar-refractivity contribution in [3.05, 3.63) is 36.5 Å². The summed E-state index contributed by atoms with van der Waals surface area (Å²) in [5, 5.41) is 43.9. The Morgan fingerprint density at radius 3 is 0.955 bits per heavy atom. The zero-order valence-electron chi connectivity index (χ0n) is 44.2. The average molecular weight is 931 g/mol. The molecule has 66 heavy (non-hydrogen) atoms. The number of unbranched alkanes of at least 4 members (excludes halogenated alkanes) is 39. The molecule has 0 aromatic carbocycles. The van der Waals surface area contributed by atoms with Gasteiger partial charge in [-0.15, -0.1) is 0 Å². The van der Waals surface area contributed by atoms with Gasteiger partial charge >= 0.3 is 0 Å². The number of hydrogen-bond donors (Lipinski definition) is 5. The summed E-state index contributed by atoms with van der Waals surface area (Å²) in [7, 11) is 0. The molecule has 0 bridgehead atoms. The molecule has 0 aromatic rings. The van der Waals surface area contributed by atoms with Crippen molar-refractivity contribution in [1.82, 2.24) is 5.32 Å². The molecule has 5 N–H and O–H groups in total. The number of aliphatic hydroxyl groups is 4. The van der Waals surface area contributed by atoms with Crippen LogP contribution in [0.4, 0.5) is 0 Å². The Morgan fingerprint density at radius 2 is 0.636 bits per heavy atom. The third-order valence-corrected chi connectivity index (χ3v) is 13.8. The van der Waals surface area contributed by atoms with E-state index in [0.29, 0.717) is 19.3 Å². The lowest BCUT2D eigenvalue weighted by molar-refractivity contribution is -0.132. The molecule has 0 rings (SSSR count). The van der Waals surface area contributed by atoms with E-state index in [1.54, 1.807) is 0 Å². The number of nitrogens with one attached hydrogen (secondary N) is 1. The predicted octanol–water partition coefficient (Wildman–Crippen LogP) is 17.2. The number of allylic oxidation sites excluding steroid dienone is 6. The highest BCUT2D eigenvalue weighted by Gasteiger charge is 2.28. The molecule has 4 atom stereocenters. The van der Waals surface area contributed by atoms with Crippen molar-refractivity contribution in [3.63, 3.8) is 0 Å². The van der Waals surface area contributed by atoms with Crippen LogP contribution in [0.3, 0.4) is 0 Å². The van der Waals surface area contributed by atoms with Gasteiger partial charge in [-0.1, -0.05) is 281 Å². The van der Waals surface area contributed by atoms with Gasteiger partial charge in [0.2, 0.25) is 5.91 Å². The summed E-state index contributed by atoms with van der Waals surface area (Å²) in [5.41, 5.74) is 0. The maximum Gasteiger partial charge on any atom is 0.249 e. The third-order valence-electron chi connectivity index (χ3n) is 13.8. The molecular formula is C60H115NO5. The van der Waals surface area contributed by atoms with Crippen molar-refractivity contribution in [1.29, 1.82) is 0 Å². The van der Waals surface area contributed by atoms with E-state index >= 15 is 0 Å². The fraction of sp³-hybridized carbons (Fsp3) is 0.883. The molecule has 0 fully saturated rings. The van der Waals surface area contributed by atoms with Crippen molar-refractivity contribution >= 4 is 5.91 Å². The van der Waals surface area contributed by atoms with Crippen molar-refractivity contribution in [3.8, 4) is 0 Å². The highest BCUT2D eigenvalue weighted by molar-refractivity contribution is 5.80. The summed E-state index contributed by atoms with van der Waals surface area (Å²) >= 11 is 0. The molecule has 6 nitrogen and oxygen atoms in total. The van der Waals surface area contributed by atoms with Gasteiger partial charge in [0.05, 0.1) is 18.8 Å². The Hall–Kier alpha value is -1.47. The van der Waals surface area contributed by atoms with Gasteiger partial charge in [-0.25, -0.2) is 0 Å². The van der Waals surface area contributed by atoms with Crippen LogP contribution >= 0.6 is 0 Å². The topological polar surface area (TPSA) is 110 Å². The van der Waals surface area contributed by atoms with E-state index in [1.165, 1.54) is 225 Å². The van der Waals surface area contributed by atoms with Crippen LogP contribution in [0.5, 0.6) is 0 Å². The van der Waals surface area contributed by atoms with Crippen LogP contribution in [0, 0.1) is 0 Å². The van der Waals surface area contributed by atoms with E-state index in [2.05, 4.69) is 55.6 Å². The molecule has 0 saturated carbocycles. The summed E-state index contributed by atoms with van der Waals surface area (Å²) in [6, 6.07) is -1.01. The standard InChI is InChI=1S/C60H115NO5/c1-3-5-7-9-11-13-15-17-19-21-22-23-24-25-26-27-28-29-30-31-32-33-34-35-36-37-38-40-42-44-46-48-50-52-54-58(64)60(66)61-56(55-62)59(65)57(63)53-51-49-47-45-43-41-39-20-18-16-14-12-10-8-6-4-2/h12,14,20,39,45,47,56-59,62-65H,3-11,13,15-19,21-38,40-44,46,48-55H2,1-2H3,(H,61,66)/b14-12+,39-20+,47-45+. The molecule has 6 heteroatoms. The monoisotopic (exact) mass is 930 g/mol. The van der Waals surface area contributed by atoms with Gasteiger partial charge in [-0.2, -0.15) is 0 Å². The van der Waals surface area contributed by atoms with E-state index in [4.69, 9.17) is 0 Å². The van der Waals surface area contributed by atoms with E-state index in [-0.39, 0.29) is 0 Å². The summed E-state index contributed by atoms with van der Waals surface area (Å²) in [4.78, 5) is 12.6. The molecular weight excluding hydrogens is 815 g/mol. The quantitative estimate of drug-likeness (QED) is 0.0308. The summed E-state index contributed by atoms with van der Waals surface area (Å²) in [6.07, 6.45) is 68.1. The van der Waals surface area contributed by atoms with Gasteiger partial charge in [0, 0.05) is 0 Å². The largest absolute Gasteiger partial charge is 0.394 e. The smallest absolute Gasteiger partial charge is 0.249 e. The van der Waals surface area contributed by atoms with E-state index in [9.17, 15) is 25.2 Å². The van der Waals surface area contributed by atoms with Gasteiger partial charge in [0.1, 0.15) is 12.2 Å². The molecule has 390 valence electrons. The Kier molecular flexibility index (Phi) is 53.3. The molecule has 0 aromatic heterocycles. The second kappa shape index (κ2) is 54.5. The average Bonchev–Trinajstić information content (AvgIpc) is 3.32. The van der Waals surface area contributed by atoms with Crippen LogP contribution in [0.25, 0.3) is 0 Å². The number of aliphatic hydroxyl groups excluding tert-OH is 4. The van der Waals surface area contributed by atoms with E-state index in [1.807, 2.05) is 0 Å². The molecule has 0 saturated heterocycles. The summed E-state index contributed by atoms with van der Waals surface area (Å²) < 4.78 is 0. The van der Waals surface area contributed by atoms with Crippen molar-refractivity contribution in [2.45, 2.75) is 334 Å². The van der Waals surface area contributed by atoms with Gasteiger partial charge in [0.15, 0.2) is 0 Å². The fourth-order valence-corrected chi connectivity index (χ4v) is 9.20. The minimum Gasteiger partial charge on any atom is -0.394 e. The minimum absolute atomic E-state index is 0.362. The molecule has 0 aliphatic heterocycles. The lowest BCUT2D eigenvalue weighted by Crippen LogP contribution is -2.53. The van der Waals surface area contributed by atoms with Crippen LogP contribution in [-0.2, 0) is 4.79 Å². The molecule has 4 unspecified atom stereocenters. The maximum absolute atomic E-state index is 12.6. The van der Waals surface area contributed by atoms with Crippen LogP contribution in [0.1, 0.15) is 309 Å². The molecule has 0 radical (unpaired) electrons. The van der Waals surface area contributed by atoms with Crippen LogP contribution in [0.15, 0.2) is 36.5 Å². The number of hydrogen-bond acceptors (Lipinski definition) is 5. The Morgan fingerprint density at radius 1 is 0.364 bits per heavy atom. The number of rotatable bonds is 54. The normalized spacial score (nSPS) is 14.0. The highest BCUT2D eigenvalue weighted by Crippen LogP contribution is 2.18. The van der Waals surface area contributed by atoms with Crippen molar-refractivity contribution in [2.75, 3.05) is 6.61 Å².